The highest BCUT2D eigenvalue weighted by molar-refractivity contribution is 9.10. The molecule has 1 aromatic rings. The van der Waals surface area contributed by atoms with Crippen LogP contribution in [0.25, 0.3) is 0 Å². The fraction of sp³-hybridized carbons (Fsp3) is 0.750. The van der Waals surface area contributed by atoms with Gasteiger partial charge in [0.2, 0.25) is 0 Å². The molecule has 1 N–H and O–H groups in total. The van der Waals surface area contributed by atoms with Crippen LogP contribution in [0.15, 0.2) is 4.47 Å². The van der Waals surface area contributed by atoms with Gasteiger partial charge in [-0.05, 0) is 47.7 Å². The fourth-order valence-electron chi connectivity index (χ4n) is 1.79. The van der Waals surface area contributed by atoms with Crippen molar-refractivity contribution in [1.29, 1.82) is 0 Å². The number of hydrogen-bond donors (Lipinski definition) is 1. The Bertz CT molecular complexity index is 355. The van der Waals surface area contributed by atoms with E-state index < -0.39 is 0 Å². The molecule has 0 bridgehead atoms. The maximum atomic E-state index is 9.98. The highest BCUT2D eigenvalue weighted by Crippen LogP contribution is 2.24. The Kier molecular flexibility index (Phi) is 6.59. The van der Waals surface area contributed by atoms with Crippen LogP contribution in [0.4, 0.5) is 0 Å². The summed E-state index contributed by atoms with van der Waals surface area (Å²) in [6, 6.07) is 0. The lowest BCUT2D eigenvalue weighted by Crippen LogP contribution is -2.15. The minimum absolute atomic E-state index is 0.273. The van der Waals surface area contributed by atoms with Gasteiger partial charge in [0.05, 0.1) is 22.0 Å². The van der Waals surface area contributed by atoms with E-state index in [1.54, 1.807) is 11.8 Å². The van der Waals surface area contributed by atoms with Crippen molar-refractivity contribution in [2.75, 3.05) is 12.0 Å². The van der Waals surface area contributed by atoms with Gasteiger partial charge in [-0.15, -0.1) is 0 Å². The molecular formula is C12H21BrN2OS. The Morgan fingerprint density at radius 3 is 2.71 bits per heavy atom. The first kappa shape index (κ1) is 15.1. The maximum absolute atomic E-state index is 9.98. The average Bonchev–Trinajstić information content (AvgIpc) is 2.63. The summed E-state index contributed by atoms with van der Waals surface area (Å²) in [5, 5.41) is 14.5. The molecule has 1 atom stereocenters. The van der Waals surface area contributed by atoms with Crippen LogP contribution < -0.4 is 0 Å². The molecule has 0 aliphatic heterocycles. The fourth-order valence-corrected chi connectivity index (χ4v) is 3.03. The summed E-state index contributed by atoms with van der Waals surface area (Å²) in [5.74, 6) is 1.000. The maximum Gasteiger partial charge on any atom is 0.0766 e. The molecule has 98 valence electrons. The van der Waals surface area contributed by atoms with Gasteiger partial charge in [-0.3, -0.25) is 4.68 Å². The third-order valence-corrected chi connectivity index (χ3v) is 4.34. The van der Waals surface area contributed by atoms with Crippen molar-refractivity contribution in [3.63, 3.8) is 0 Å². The second-order valence-electron chi connectivity index (χ2n) is 4.02. The lowest BCUT2D eigenvalue weighted by Gasteiger charge is -2.11. The van der Waals surface area contributed by atoms with Gasteiger partial charge in [0, 0.05) is 13.0 Å². The zero-order valence-corrected chi connectivity index (χ0v) is 13.1. The SMILES string of the molecule is CCc1nn(CC)c(CC(O)CCSC)c1Br. The van der Waals surface area contributed by atoms with Crippen molar-refractivity contribution in [1.82, 2.24) is 9.78 Å². The molecule has 0 aromatic carbocycles. The smallest absolute Gasteiger partial charge is 0.0766 e. The lowest BCUT2D eigenvalue weighted by molar-refractivity contribution is 0.169. The van der Waals surface area contributed by atoms with Crippen LogP contribution in [0.5, 0.6) is 0 Å². The monoisotopic (exact) mass is 320 g/mol. The van der Waals surface area contributed by atoms with Crippen LogP contribution in [-0.2, 0) is 19.4 Å². The quantitative estimate of drug-likeness (QED) is 0.839. The second kappa shape index (κ2) is 7.44. The second-order valence-corrected chi connectivity index (χ2v) is 5.79. The summed E-state index contributed by atoms with van der Waals surface area (Å²) < 4.78 is 3.07. The minimum Gasteiger partial charge on any atom is -0.393 e. The molecule has 0 saturated carbocycles. The molecule has 3 nitrogen and oxygen atoms in total. The average molecular weight is 321 g/mol. The van der Waals surface area contributed by atoms with Crippen molar-refractivity contribution in [3.05, 3.63) is 15.9 Å². The number of aromatic nitrogens is 2. The summed E-state index contributed by atoms with van der Waals surface area (Å²) >= 11 is 5.37. The van der Waals surface area contributed by atoms with Crippen molar-refractivity contribution >= 4 is 27.7 Å². The molecular weight excluding hydrogens is 300 g/mol. The number of aryl methyl sites for hydroxylation is 2. The van der Waals surface area contributed by atoms with Crippen LogP contribution >= 0.6 is 27.7 Å². The van der Waals surface area contributed by atoms with Crippen LogP contribution in [0.1, 0.15) is 31.7 Å². The molecule has 0 fully saturated rings. The third-order valence-electron chi connectivity index (χ3n) is 2.78. The zero-order chi connectivity index (χ0) is 12.8. The molecule has 5 heteroatoms. The first-order valence-electron chi connectivity index (χ1n) is 6.05. The summed E-state index contributed by atoms with van der Waals surface area (Å²) in [6.07, 6.45) is 4.23. The van der Waals surface area contributed by atoms with Crippen LogP contribution in [0.3, 0.4) is 0 Å². The van der Waals surface area contributed by atoms with E-state index in [4.69, 9.17) is 0 Å². The van der Waals surface area contributed by atoms with Gasteiger partial charge in [-0.1, -0.05) is 6.92 Å². The van der Waals surface area contributed by atoms with Gasteiger partial charge in [0.25, 0.3) is 0 Å². The summed E-state index contributed by atoms with van der Waals surface area (Å²) in [4.78, 5) is 0. The normalized spacial score (nSPS) is 13.0. The molecule has 0 radical (unpaired) electrons. The molecule has 0 amide bonds. The Hall–Kier alpha value is -0.000000000000000111. The zero-order valence-electron chi connectivity index (χ0n) is 10.7. The Morgan fingerprint density at radius 2 is 2.18 bits per heavy atom. The number of aliphatic hydroxyl groups is 1. The largest absolute Gasteiger partial charge is 0.393 e. The van der Waals surface area contributed by atoms with Gasteiger partial charge in [-0.25, -0.2) is 0 Å². The highest BCUT2D eigenvalue weighted by atomic mass is 79.9. The molecule has 0 aliphatic carbocycles. The standard InChI is InChI=1S/C12H21BrN2OS/c1-4-10-12(13)11(15(5-2)14-10)8-9(16)6-7-17-3/h9,16H,4-8H2,1-3H3. The molecule has 1 unspecified atom stereocenters. The van der Waals surface area contributed by atoms with Crippen LogP contribution in [0.2, 0.25) is 0 Å². The van der Waals surface area contributed by atoms with Crippen LogP contribution in [-0.4, -0.2) is 33.0 Å². The predicted molar refractivity (Wildman–Crippen MR) is 77.7 cm³/mol. The number of rotatable bonds is 7. The van der Waals surface area contributed by atoms with E-state index in [9.17, 15) is 5.11 Å². The van der Waals surface area contributed by atoms with E-state index in [1.807, 2.05) is 4.68 Å². The molecule has 0 saturated heterocycles. The first-order valence-corrected chi connectivity index (χ1v) is 8.23. The number of thioether (sulfide) groups is 1. The first-order chi connectivity index (χ1) is 8.13. The van der Waals surface area contributed by atoms with Gasteiger partial charge in [0.1, 0.15) is 0 Å². The van der Waals surface area contributed by atoms with E-state index in [0.29, 0.717) is 6.42 Å². The molecule has 0 spiro atoms. The summed E-state index contributed by atoms with van der Waals surface area (Å²) in [6.45, 7) is 5.03. The molecule has 1 aromatic heterocycles. The van der Waals surface area contributed by atoms with E-state index in [2.05, 4.69) is 41.1 Å². The summed E-state index contributed by atoms with van der Waals surface area (Å²) in [7, 11) is 0. The summed E-state index contributed by atoms with van der Waals surface area (Å²) in [5.41, 5.74) is 2.21. The molecule has 17 heavy (non-hydrogen) atoms. The van der Waals surface area contributed by atoms with E-state index >= 15 is 0 Å². The Balaban J connectivity index is 2.78. The minimum atomic E-state index is -0.273. The van der Waals surface area contributed by atoms with Crippen molar-refractivity contribution < 1.29 is 5.11 Å². The number of halogens is 1. The van der Waals surface area contributed by atoms with Crippen molar-refractivity contribution in [2.24, 2.45) is 0 Å². The van der Waals surface area contributed by atoms with Crippen LogP contribution in [0, 0.1) is 0 Å². The van der Waals surface area contributed by atoms with E-state index in [-0.39, 0.29) is 6.10 Å². The van der Waals surface area contributed by atoms with Crippen molar-refractivity contribution in [2.45, 2.75) is 45.8 Å². The number of aliphatic hydroxyl groups excluding tert-OH is 1. The number of nitrogens with zero attached hydrogens (tertiary/aromatic N) is 2. The van der Waals surface area contributed by atoms with Gasteiger partial charge in [0.15, 0.2) is 0 Å². The van der Waals surface area contributed by atoms with Gasteiger partial charge in [-0.2, -0.15) is 16.9 Å². The van der Waals surface area contributed by atoms with Gasteiger partial charge < -0.3 is 5.11 Å². The highest BCUT2D eigenvalue weighted by Gasteiger charge is 2.16. The van der Waals surface area contributed by atoms with E-state index in [0.717, 1.165) is 41.0 Å². The Morgan fingerprint density at radius 1 is 1.47 bits per heavy atom. The molecule has 1 rings (SSSR count). The van der Waals surface area contributed by atoms with E-state index in [1.165, 1.54) is 0 Å². The Labute approximate surface area is 116 Å². The number of hydrogen-bond acceptors (Lipinski definition) is 3. The molecule has 0 aliphatic rings. The topological polar surface area (TPSA) is 38.0 Å². The third kappa shape index (κ3) is 4.00. The van der Waals surface area contributed by atoms with Crippen molar-refractivity contribution in [3.8, 4) is 0 Å². The predicted octanol–water partition coefficient (Wildman–Crippen LogP) is 2.88. The molecule has 1 heterocycles. The van der Waals surface area contributed by atoms with Gasteiger partial charge >= 0.3 is 0 Å². The lowest BCUT2D eigenvalue weighted by atomic mass is 10.1.